The Kier molecular flexibility index (Phi) is 5.29. The van der Waals surface area contributed by atoms with Crippen LogP contribution in [0, 0.1) is 11.3 Å². The van der Waals surface area contributed by atoms with Crippen LogP contribution < -0.4 is 10.2 Å². The number of piperazine rings is 1. The molecule has 8 heteroatoms. The molecule has 8 nitrogen and oxygen atoms in total. The highest BCUT2D eigenvalue weighted by Gasteiger charge is 2.23. The molecular formula is C21H19N7O. The Bertz CT molecular complexity index is 1040. The fourth-order valence-electron chi connectivity index (χ4n) is 3.21. The smallest absolute Gasteiger partial charge is 0.255 e. The lowest BCUT2D eigenvalue weighted by Crippen LogP contribution is -2.49. The van der Waals surface area contributed by atoms with Crippen LogP contribution in [0.4, 0.5) is 17.3 Å². The molecule has 3 heterocycles. The van der Waals surface area contributed by atoms with Gasteiger partial charge in [0.25, 0.3) is 5.91 Å². The van der Waals surface area contributed by atoms with Crippen molar-refractivity contribution >= 4 is 23.2 Å². The highest BCUT2D eigenvalue weighted by atomic mass is 16.2. The SMILES string of the molecule is N#Cc1cccc(Nc2cncc(C(=O)N3CCN(c4ncccn4)CC3)c2)c1. The number of nitrogens with one attached hydrogen (secondary N) is 1. The van der Waals surface area contributed by atoms with Crippen LogP contribution in [-0.2, 0) is 0 Å². The zero-order chi connectivity index (χ0) is 20.1. The van der Waals surface area contributed by atoms with E-state index < -0.39 is 0 Å². The third-order valence-corrected chi connectivity index (χ3v) is 4.67. The average Bonchev–Trinajstić information content (AvgIpc) is 2.79. The number of nitrogens with zero attached hydrogens (tertiary/aromatic N) is 6. The molecule has 1 aliphatic rings. The maximum Gasteiger partial charge on any atom is 0.255 e. The monoisotopic (exact) mass is 385 g/mol. The summed E-state index contributed by atoms with van der Waals surface area (Å²) in [5.41, 5.74) is 2.56. The third kappa shape index (κ3) is 4.30. The summed E-state index contributed by atoms with van der Waals surface area (Å²) in [4.78, 5) is 29.5. The van der Waals surface area contributed by atoms with Crippen molar-refractivity contribution < 1.29 is 4.79 Å². The Morgan fingerprint density at radius 3 is 2.55 bits per heavy atom. The first kappa shape index (κ1) is 18.4. The zero-order valence-electron chi connectivity index (χ0n) is 15.7. The number of nitriles is 1. The molecule has 1 fully saturated rings. The van der Waals surface area contributed by atoms with Gasteiger partial charge in [-0.05, 0) is 30.3 Å². The summed E-state index contributed by atoms with van der Waals surface area (Å²) in [6.07, 6.45) is 6.67. The maximum absolute atomic E-state index is 12.9. The van der Waals surface area contributed by atoms with Gasteiger partial charge in [-0.1, -0.05) is 6.07 Å². The first-order valence-electron chi connectivity index (χ1n) is 9.26. The standard InChI is InChI=1S/C21H19N7O/c22-13-16-3-1-4-18(11-16)26-19-12-17(14-23-15-19)20(29)27-7-9-28(10-8-27)21-24-5-2-6-25-21/h1-6,11-12,14-15,26H,7-10H2. The van der Waals surface area contributed by atoms with Crippen molar-refractivity contribution in [2.75, 3.05) is 36.4 Å². The molecule has 1 N–H and O–H groups in total. The molecule has 1 aromatic carbocycles. The fourth-order valence-corrected chi connectivity index (χ4v) is 3.21. The number of amides is 1. The van der Waals surface area contributed by atoms with Gasteiger partial charge in [0.2, 0.25) is 5.95 Å². The molecule has 1 saturated heterocycles. The molecule has 29 heavy (non-hydrogen) atoms. The summed E-state index contributed by atoms with van der Waals surface area (Å²) in [6.45, 7) is 2.56. The fraction of sp³-hybridized carbons (Fsp3) is 0.190. The lowest BCUT2D eigenvalue weighted by Gasteiger charge is -2.34. The molecule has 1 amide bonds. The van der Waals surface area contributed by atoms with Gasteiger partial charge in [-0.15, -0.1) is 0 Å². The summed E-state index contributed by atoms with van der Waals surface area (Å²) in [6, 6.07) is 12.8. The Labute approximate surface area is 168 Å². The Morgan fingerprint density at radius 1 is 1.00 bits per heavy atom. The van der Waals surface area contributed by atoms with Gasteiger partial charge in [0.15, 0.2) is 0 Å². The summed E-state index contributed by atoms with van der Waals surface area (Å²) in [7, 11) is 0. The molecule has 4 rings (SSSR count). The van der Waals surface area contributed by atoms with Crippen molar-refractivity contribution in [3.05, 3.63) is 72.3 Å². The summed E-state index contributed by atoms with van der Waals surface area (Å²) in [5.74, 6) is 0.632. The van der Waals surface area contributed by atoms with E-state index in [0.717, 1.165) is 5.69 Å². The second-order valence-corrected chi connectivity index (χ2v) is 6.61. The molecule has 0 unspecified atom stereocenters. The number of rotatable bonds is 4. The van der Waals surface area contributed by atoms with Gasteiger partial charge < -0.3 is 15.1 Å². The minimum Gasteiger partial charge on any atom is -0.354 e. The first-order valence-corrected chi connectivity index (χ1v) is 9.26. The van der Waals surface area contributed by atoms with Gasteiger partial charge in [0.05, 0.1) is 29.1 Å². The molecule has 0 bridgehead atoms. The van der Waals surface area contributed by atoms with Crippen LogP contribution in [0.3, 0.4) is 0 Å². The molecule has 144 valence electrons. The van der Waals surface area contributed by atoms with E-state index >= 15 is 0 Å². The van der Waals surface area contributed by atoms with Gasteiger partial charge in [0.1, 0.15) is 0 Å². The van der Waals surface area contributed by atoms with Crippen LogP contribution in [0.2, 0.25) is 0 Å². The minimum absolute atomic E-state index is 0.0550. The molecular weight excluding hydrogens is 366 g/mol. The number of pyridine rings is 1. The Balaban J connectivity index is 1.42. The Morgan fingerprint density at radius 2 is 1.79 bits per heavy atom. The lowest BCUT2D eigenvalue weighted by atomic mass is 10.2. The van der Waals surface area contributed by atoms with E-state index in [4.69, 9.17) is 5.26 Å². The van der Waals surface area contributed by atoms with E-state index in [2.05, 4.69) is 31.2 Å². The van der Waals surface area contributed by atoms with Crippen LogP contribution in [-0.4, -0.2) is 51.9 Å². The highest BCUT2D eigenvalue weighted by molar-refractivity contribution is 5.95. The van der Waals surface area contributed by atoms with Crippen molar-refractivity contribution in [3.63, 3.8) is 0 Å². The third-order valence-electron chi connectivity index (χ3n) is 4.67. The summed E-state index contributed by atoms with van der Waals surface area (Å²) >= 11 is 0. The number of hydrogen-bond donors (Lipinski definition) is 1. The second kappa shape index (κ2) is 8.35. The van der Waals surface area contributed by atoms with Crippen molar-refractivity contribution in [1.82, 2.24) is 19.9 Å². The largest absolute Gasteiger partial charge is 0.354 e. The average molecular weight is 385 g/mol. The summed E-state index contributed by atoms with van der Waals surface area (Å²) < 4.78 is 0. The second-order valence-electron chi connectivity index (χ2n) is 6.61. The van der Waals surface area contributed by atoms with E-state index in [9.17, 15) is 4.79 Å². The molecule has 0 radical (unpaired) electrons. The predicted molar refractivity (Wildman–Crippen MR) is 109 cm³/mol. The van der Waals surface area contributed by atoms with Crippen LogP contribution >= 0.6 is 0 Å². The van der Waals surface area contributed by atoms with Crippen molar-refractivity contribution in [2.24, 2.45) is 0 Å². The Hall–Kier alpha value is -3.99. The quantitative estimate of drug-likeness (QED) is 0.736. The van der Waals surface area contributed by atoms with Crippen molar-refractivity contribution in [2.45, 2.75) is 0 Å². The molecule has 2 aromatic heterocycles. The van der Waals surface area contributed by atoms with E-state index in [1.54, 1.807) is 55.1 Å². The molecule has 0 saturated carbocycles. The molecule has 0 aliphatic carbocycles. The van der Waals surface area contributed by atoms with Crippen LogP contribution in [0.25, 0.3) is 0 Å². The van der Waals surface area contributed by atoms with Gasteiger partial charge in [-0.3, -0.25) is 9.78 Å². The number of hydrogen-bond acceptors (Lipinski definition) is 7. The minimum atomic E-state index is -0.0550. The highest BCUT2D eigenvalue weighted by Crippen LogP contribution is 2.19. The maximum atomic E-state index is 12.9. The molecule has 0 spiro atoms. The van der Waals surface area contributed by atoms with Gasteiger partial charge in [0, 0.05) is 50.5 Å². The number of benzene rings is 1. The lowest BCUT2D eigenvalue weighted by molar-refractivity contribution is 0.0746. The number of anilines is 3. The molecule has 1 aliphatic heterocycles. The zero-order valence-corrected chi connectivity index (χ0v) is 15.7. The predicted octanol–water partition coefficient (Wildman–Crippen LogP) is 2.45. The van der Waals surface area contributed by atoms with Crippen molar-refractivity contribution in [1.29, 1.82) is 5.26 Å². The first-order chi connectivity index (χ1) is 14.2. The van der Waals surface area contributed by atoms with E-state index in [0.29, 0.717) is 48.9 Å². The van der Waals surface area contributed by atoms with Gasteiger partial charge in [-0.2, -0.15) is 5.26 Å². The number of aromatic nitrogens is 3. The topological polar surface area (TPSA) is 98.0 Å². The number of carbonyl (C=O) groups excluding carboxylic acids is 1. The van der Waals surface area contributed by atoms with Gasteiger partial charge in [-0.25, -0.2) is 9.97 Å². The summed E-state index contributed by atoms with van der Waals surface area (Å²) in [5, 5.41) is 12.2. The molecule has 3 aromatic rings. The van der Waals surface area contributed by atoms with Crippen LogP contribution in [0.1, 0.15) is 15.9 Å². The van der Waals surface area contributed by atoms with Crippen LogP contribution in [0.15, 0.2) is 61.2 Å². The van der Waals surface area contributed by atoms with E-state index in [1.807, 2.05) is 11.0 Å². The normalized spacial score (nSPS) is 13.6. The van der Waals surface area contributed by atoms with Crippen LogP contribution in [0.5, 0.6) is 0 Å². The number of carbonyl (C=O) groups is 1. The van der Waals surface area contributed by atoms with Gasteiger partial charge >= 0.3 is 0 Å². The van der Waals surface area contributed by atoms with E-state index in [1.165, 1.54) is 0 Å². The van der Waals surface area contributed by atoms with Crippen molar-refractivity contribution in [3.8, 4) is 6.07 Å². The van der Waals surface area contributed by atoms with E-state index in [-0.39, 0.29) is 5.91 Å². The molecule has 0 atom stereocenters.